The van der Waals surface area contributed by atoms with Crippen LogP contribution in [0.4, 0.5) is 0 Å². The Bertz CT molecular complexity index is 880. The average molecular weight is 481 g/mol. The number of benzene rings is 2. The zero-order valence-corrected chi connectivity index (χ0v) is 24.7. The number of phenols is 2. The van der Waals surface area contributed by atoms with E-state index in [2.05, 4.69) is 107 Å². The number of hydrogen-bond acceptors (Lipinski definition) is 2. The summed E-state index contributed by atoms with van der Waals surface area (Å²) in [6.07, 6.45) is 4.61. The summed E-state index contributed by atoms with van der Waals surface area (Å²) in [5.74, 6) is 0.914. The summed E-state index contributed by atoms with van der Waals surface area (Å²) < 4.78 is 0. The molecular formula is C33H52O2. The SMILES string of the molecule is CCC(C)(C)c1cc(Cc2cc(C(C)(C)CC)c(O)c(C(C)(C)CC)c2)cc(C(C)(C)CC)c1O. The van der Waals surface area contributed by atoms with Gasteiger partial charge in [-0.3, -0.25) is 0 Å². The van der Waals surface area contributed by atoms with E-state index in [1.165, 1.54) is 11.1 Å². The van der Waals surface area contributed by atoms with Crippen molar-refractivity contribution in [3.8, 4) is 11.5 Å². The second kappa shape index (κ2) is 10.2. The predicted octanol–water partition coefficient (Wildman–Crippen LogP) is 9.44. The van der Waals surface area contributed by atoms with Gasteiger partial charge in [0.1, 0.15) is 11.5 Å². The van der Waals surface area contributed by atoms with E-state index in [4.69, 9.17) is 0 Å². The molecule has 0 aliphatic carbocycles. The van der Waals surface area contributed by atoms with E-state index >= 15 is 0 Å². The number of aromatic hydroxyl groups is 2. The molecule has 0 atom stereocenters. The molecule has 0 aliphatic heterocycles. The first-order valence-electron chi connectivity index (χ1n) is 13.7. The van der Waals surface area contributed by atoms with E-state index in [-0.39, 0.29) is 21.7 Å². The van der Waals surface area contributed by atoms with Crippen molar-refractivity contribution in [3.63, 3.8) is 0 Å². The summed E-state index contributed by atoms with van der Waals surface area (Å²) in [7, 11) is 0. The van der Waals surface area contributed by atoms with Crippen LogP contribution in [0.2, 0.25) is 0 Å². The van der Waals surface area contributed by atoms with Gasteiger partial charge in [0.25, 0.3) is 0 Å². The van der Waals surface area contributed by atoms with E-state index in [1.54, 1.807) is 0 Å². The van der Waals surface area contributed by atoms with Gasteiger partial charge in [-0.2, -0.15) is 0 Å². The highest BCUT2D eigenvalue weighted by atomic mass is 16.3. The standard InChI is InChI=1S/C33H52O2/c1-13-30(5,6)24-18-22(19-25(28(24)34)31(7,8)14-2)17-23-20-26(32(9,10)15-3)29(35)27(21-23)33(11,12)16-4/h18-21,34-35H,13-17H2,1-12H3. The smallest absolute Gasteiger partial charge is 0.123 e. The average Bonchev–Trinajstić information content (AvgIpc) is 2.80. The van der Waals surface area contributed by atoms with Crippen molar-refractivity contribution in [1.29, 1.82) is 0 Å². The lowest BCUT2D eigenvalue weighted by molar-refractivity contribution is 0.399. The van der Waals surface area contributed by atoms with Crippen LogP contribution in [0.15, 0.2) is 24.3 Å². The van der Waals surface area contributed by atoms with E-state index in [0.717, 1.165) is 54.4 Å². The van der Waals surface area contributed by atoms with Crippen molar-refractivity contribution in [3.05, 3.63) is 57.6 Å². The molecule has 2 nitrogen and oxygen atoms in total. The van der Waals surface area contributed by atoms with Crippen molar-refractivity contribution in [1.82, 2.24) is 0 Å². The Labute approximate surface area is 216 Å². The molecule has 196 valence electrons. The van der Waals surface area contributed by atoms with Crippen LogP contribution < -0.4 is 0 Å². The van der Waals surface area contributed by atoms with Gasteiger partial charge < -0.3 is 10.2 Å². The monoisotopic (exact) mass is 480 g/mol. The molecule has 2 N–H and O–H groups in total. The maximum atomic E-state index is 11.4. The summed E-state index contributed by atoms with van der Waals surface area (Å²) in [4.78, 5) is 0. The van der Waals surface area contributed by atoms with E-state index in [0.29, 0.717) is 11.5 Å². The fourth-order valence-electron chi connectivity index (χ4n) is 4.65. The largest absolute Gasteiger partial charge is 0.507 e. The minimum absolute atomic E-state index is 0.113. The van der Waals surface area contributed by atoms with E-state index < -0.39 is 0 Å². The molecule has 0 saturated heterocycles. The van der Waals surface area contributed by atoms with Gasteiger partial charge in [-0.15, -0.1) is 0 Å². The zero-order valence-electron chi connectivity index (χ0n) is 24.7. The molecule has 0 radical (unpaired) electrons. The van der Waals surface area contributed by atoms with Crippen molar-refractivity contribution in [2.75, 3.05) is 0 Å². The minimum Gasteiger partial charge on any atom is -0.507 e. The van der Waals surface area contributed by atoms with Crippen LogP contribution in [-0.2, 0) is 28.1 Å². The van der Waals surface area contributed by atoms with Crippen molar-refractivity contribution < 1.29 is 10.2 Å². The number of phenolic OH excluding ortho intramolecular Hbond substituents is 2. The number of rotatable bonds is 10. The highest BCUT2D eigenvalue weighted by molar-refractivity contribution is 5.54. The first-order valence-corrected chi connectivity index (χ1v) is 13.7. The van der Waals surface area contributed by atoms with Gasteiger partial charge in [-0.25, -0.2) is 0 Å². The second-order valence-electron chi connectivity index (χ2n) is 13.2. The van der Waals surface area contributed by atoms with Crippen LogP contribution in [0.5, 0.6) is 11.5 Å². The molecule has 0 aromatic heterocycles. The molecule has 0 bridgehead atoms. The van der Waals surface area contributed by atoms with Gasteiger partial charge in [-0.05, 0) is 64.9 Å². The summed E-state index contributed by atoms with van der Waals surface area (Å²) in [6.45, 7) is 26.5. The van der Waals surface area contributed by atoms with Gasteiger partial charge >= 0.3 is 0 Å². The maximum absolute atomic E-state index is 11.4. The molecule has 0 saturated carbocycles. The van der Waals surface area contributed by atoms with Crippen LogP contribution in [-0.4, -0.2) is 10.2 Å². The third-order valence-corrected chi connectivity index (χ3v) is 9.20. The molecule has 2 rings (SSSR count). The van der Waals surface area contributed by atoms with Crippen LogP contribution in [0.3, 0.4) is 0 Å². The van der Waals surface area contributed by atoms with Crippen molar-refractivity contribution in [2.45, 2.75) is 137 Å². The highest BCUT2D eigenvalue weighted by Gasteiger charge is 2.32. The molecule has 0 aliphatic rings. The topological polar surface area (TPSA) is 40.5 Å². The molecule has 2 aromatic carbocycles. The molecule has 0 spiro atoms. The third-order valence-electron chi connectivity index (χ3n) is 9.20. The molecule has 0 heterocycles. The first-order chi connectivity index (χ1) is 16.0. The van der Waals surface area contributed by atoms with Crippen LogP contribution in [0.1, 0.15) is 142 Å². The molecule has 0 unspecified atom stereocenters. The second-order valence-corrected chi connectivity index (χ2v) is 13.2. The molecular weight excluding hydrogens is 428 g/mol. The zero-order chi connectivity index (χ0) is 27.0. The third kappa shape index (κ3) is 5.89. The Hall–Kier alpha value is -1.96. The van der Waals surface area contributed by atoms with Crippen LogP contribution in [0.25, 0.3) is 0 Å². The van der Waals surface area contributed by atoms with Gasteiger partial charge in [0, 0.05) is 22.3 Å². The minimum atomic E-state index is -0.113. The Morgan fingerprint density at radius 2 is 0.657 bits per heavy atom. The van der Waals surface area contributed by atoms with Gasteiger partial charge in [-0.1, -0.05) is 107 Å². The molecule has 2 heteroatoms. The maximum Gasteiger partial charge on any atom is 0.123 e. The Kier molecular flexibility index (Phi) is 8.52. The lowest BCUT2D eigenvalue weighted by Crippen LogP contribution is -2.22. The quantitative estimate of drug-likeness (QED) is 0.355. The van der Waals surface area contributed by atoms with E-state index in [9.17, 15) is 10.2 Å². The van der Waals surface area contributed by atoms with Gasteiger partial charge in [0.2, 0.25) is 0 Å². The summed E-state index contributed by atoms with van der Waals surface area (Å²) >= 11 is 0. The lowest BCUT2D eigenvalue weighted by atomic mass is 9.73. The summed E-state index contributed by atoms with van der Waals surface area (Å²) in [5.41, 5.74) is 6.15. The molecule has 35 heavy (non-hydrogen) atoms. The van der Waals surface area contributed by atoms with Crippen molar-refractivity contribution in [2.24, 2.45) is 0 Å². The first kappa shape index (κ1) is 29.3. The Morgan fingerprint density at radius 1 is 0.457 bits per heavy atom. The normalized spacial score (nSPS) is 13.4. The molecule has 2 aromatic rings. The fraction of sp³-hybridized carbons (Fsp3) is 0.636. The Morgan fingerprint density at radius 3 is 0.829 bits per heavy atom. The number of hydrogen-bond donors (Lipinski definition) is 2. The van der Waals surface area contributed by atoms with Gasteiger partial charge in [0.05, 0.1) is 0 Å². The lowest BCUT2D eigenvalue weighted by Gasteiger charge is -2.32. The highest BCUT2D eigenvalue weighted by Crippen LogP contribution is 2.45. The van der Waals surface area contributed by atoms with E-state index in [1.807, 2.05) is 0 Å². The van der Waals surface area contributed by atoms with Crippen LogP contribution >= 0.6 is 0 Å². The van der Waals surface area contributed by atoms with Crippen molar-refractivity contribution >= 4 is 0 Å². The summed E-state index contributed by atoms with van der Waals surface area (Å²) in [5, 5.41) is 22.8. The van der Waals surface area contributed by atoms with Gasteiger partial charge in [0.15, 0.2) is 0 Å². The van der Waals surface area contributed by atoms with Crippen LogP contribution in [0, 0.1) is 0 Å². The predicted molar refractivity (Wildman–Crippen MR) is 152 cm³/mol. The molecule has 0 fully saturated rings. The summed E-state index contributed by atoms with van der Waals surface area (Å²) in [6, 6.07) is 8.87. The fourth-order valence-corrected chi connectivity index (χ4v) is 4.65. The Balaban J connectivity index is 2.81. The molecule has 0 amide bonds.